The summed E-state index contributed by atoms with van der Waals surface area (Å²) < 4.78 is 6.39. The van der Waals surface area contributed by atoms with Crippen LogP contribution < -0.4 is 0 Å². The largest absolute Gasteiger partial charge is 0.504 e. The van der Waals surface area contributed by atoms with E-state index in [4.69, 9.17) is 4.42 Å². The average Bonchev–Trinajstić information content (AvgIpc) is 3.45. The van der Waals surface area contributed by atoms with Gasteiger partial charge in [-0.2, -0.15) is 0 Å². The van der Waals surface area contributed by atoms with E-state index in [2.05, 4.69) is 24.3 Å². The van der Waals surface area contributed by atoms with Crippen LogP contribution in [0.25, 0.3) is 76.9 Å². The van der Waals surface area contributed by atoms with Gasteiger partial charge in [-0.1, -0.05) is 103 Å². The molecular formula is C38H24O6. The SMILES string of the molecule is Oc1c(O)c(O)c(-c2c(-c3c4ccccc4c(-c4ccccc4)c4ccccc34)ccc3c2oc2ccccc23)c(O)c1O. The van der Waals surface area contributed by atoms with Crippen LogP contribution in [0.5, 0.6) is 28.7 Å². The van der Waals surface area contributed by atoms with Gasteiger partial charge in [0.05, 0.1) is 5.56 Å². The Morgan fingerprint density at radius 2 is 0.818 bits per heavy atom. The molecule has 0 aliphatic carbocycles. The van der Waals surface area contributed by atoms with E-state index in [-0.39, 0.29) is 11.1 Å². The van der Waals surface area contributed by atoms with E-state index < -0.39 is 28.7 Å². The topological polar surface area (TPSA) is 114 Å². The Labute approximate surface area is 250 Å². The maximum absolute atomic E-state index is 11.2. The molecule has 1 aromatic heterocycles. The Balaban J connectivity index is 1.61. The fourth-order valence-corrected chi connectivity index (χ4v) is 6.50. The molecule has 6 nitrogen and oxygen atoms in total. The summed E-state index contributed by atoms with van der Waals surface area (Å²) in [4.78, 5) is 0. The number of benzene rings is 7. The van der Waals surface area contributed by atoms with Crippen LogP contribution in [0.2, 0.25) is 0 Å². The molecule has 0 spiro atoms. The molecule has 8 rings (SSSR count). The second-order valence-electron chi connectivity index (χ2n) is 10.8. The van der Waals surface area contributed by atoms with Gasteiger partial charge in [0.2, 0.25) is 17.2 Å². The van der Waals surface area contributed by atoms with E-state index in [9.17, 15) is 25.5 Å². The van der Waals surface area contributed by atoms with Crippen molar-refractivity contribution >= 4 is 43.5 Å². The number of aromatic hydroxyl groups is 5. The highest BCUT2D eigenvalue weighted by molar-refractivity contribution is 6.24. The molecule has 0 bridgehead atoms. The number of rotatable bonds is 3. The van der Waals surface area contributed by atoms with Crippen molar-refractivity contribution in [3.05, 3.63) is 115 Å². The van der Waals surface area contributed by atoms with Gasteiger partial charge in [-0.15, -0.1) is 0 Å². The molecule has 0 radical (unpaired) electrons. The monoisotopic (exact) mass is 576 g/mol. The molecule has 0 aliphatic rings. The standard InChI is InChI=1S/C38H24O6/c39-33-32(34(40)36(42)37(43)35(33)41)31-27(19-18-26-21-12-8-9-17-28(21)44-38(26)31)30-24-15-6-4-13-22(24)29(20-10-2-1-3-11-20)23-14-5-7-16-25(23)30/h1-19,39-43H. The molecule has 0 saturated carbocycles. The summed E-state index contributed by atoms with van der Waals surface area (Å²) in [7, 11) is 0. The maximum atomic E-state index is 11.2. The lowest BCUT2D eigenvalue weighted by Gasteiger charge is -2.21. The van der Waals surface area contributed by atoms with Crippen molar-refractivity contribution in [2.24, 2.45) is 0 Å². The van der Waals surface area contributed by atoms with Crippen molar-refractivity contribution in [3.8, 4) is 62.1 Å². The first-order valence-electron chi connectivity index (χ1n) is 14.1. The first kappa shape index (κ1) is 25.6. The number of hydrogen-bond donors (Lipinski definition) is 5. The molecule has 0 saturated heterocycles. The molecule has 44 heavy (non-hydrogen) atoms. The zero-order valence-corrected chi connectivity index (χ0v) is 23.1. The van der Waals surface area contributed by atoms with Crippen LogP contribution in [0, 0.1) is 0 Å². The second kappa shape index (κ2) is 9.44. The van der Waals surface area contributed by atoms with Crippen molar-refractivity contribution in [2.75, 3.05) is 0 Å². The highest BCUT2D eigenvalue weighted by atomic mass is 16.4. The highest BCUT2D eigenvalue weighted by Gasteiger charge is 2.30. The van der Waals surface area contributed by atoms with Crippen molar-refractivity contribution in [1.82, 2.24) is 0 Å². The molecule has 212 valence electrons. The van der Waals surface area contributed by atoms with Crippen molar-refractivity contribution in [3.63, 3.8) is 0 Å². The molecule has 5 N–H and O–H groups in total. The van der Waals surface area contributed by atoms with Crippen LogP contribution in [-0.4, -0.2) is 25.5 Å². The van der Waals surface area contributed by atoms with Gasteiger partial charge in [-0.05, 0) is 55.9 Å². The third-order valence-electron chi connectivity index (χ3n) is 8.43. The molecular weight excluding hydrogens is 552 g/mol. The summed E-state index contributed by atoms with van der Waals surface area (Å²) in [6, 6.07) is 37.6. The minimum Gasteiger partial charge on any atom is -0.504 e. The summed E-state index contributed by atoms with van der Waals surface area (Å²) in [5.74, 6) is -4.51. The molecule has 6 heteroatoms. The van der Waals surface area contributed by atoms with E-state index in [0.29, 0.717) is 22.1 Å². The van der Waals surface area contributed by atoms with E-state index in [0.717, 1.165) is 43.6 Å². The molecule has 0 unspecified atom stereocenters. The lowest BCUT2D eigenvalue weighted by molar-refractivity contribution is 0.330. The zero-order valence-electron chi connectivity index (χ0n) is 23.1. The first-order chi connectivity index (χ1) is 21.5. The highest BCUT2D eigenvalue weighted by Crippen LogP contribution is 2.58. The molecule has 0 atom stereocenters. The summed E-state index contributed by atoms with van der Waals surface area (Å²) in [6.45, 7) is 0. The smallest absolute Gasteiger partial charge is 0.208 e. The average molecular weight is 577 g/mol. The zero-order chi connectivity index (χ0) is 30.1. The van der Waals surface area contributed by atoms with Crippen LogP contribution in [0.15, 0.2) is 120 Å². The molecule has 8 aromatic rings. The number of phenolic OH excluding ortho intramolecular Hbond substituents is 5. The van der Waals surface area contributed by atoms with Crippen LogP contribution in [-0.2, 0) is 0 Å². The minimum atomic E-state index is -1.02. The van der Waals surface area contributed by atoms with Crippen LogP contribution in [0.3, 0.4) is 0 Å². The minimum absolute atomic E-state index is 0.252. The van der Waals surface area contributed by atoms with Gasteiger partial charge in [-0.25, -0.2) is 0 Å². The number of fused-ring (bicyclic) bond motifs is 5. The van der Waals surface area contributed by atoms with Gasteiger partial charge >= 0.3 is 0 Å². The van der Waals surface area contributed by atoms with Crippen molar-refractivity contribution in [1.29, 1.82) is 0 Å². The lowest BCUT2D eigenvalue weighted by Crippen LogP contribution is -1.94. The van der Waals surface area contributed by atoms with Gasteiger partial charge in [0.25, 0.3) is 0 Å². The quantitative estimate of drug-likeness (QED) is 0.0813. The Morgan fingerprint density at radius 3 is 1.41 bits per heavy atom. The third kappa shape index (κ3) is 3.48. The van der Waals surface area contributed by atoms with Gasteiger partial charge in [0, 0.05) is 16.3 Å². The Kier molecular flexibility index (Phi) is 5.48. The molecule has 1 heterocycles. The first-order valence-corrected chi connectivity index (χ1v) is 14.1. The Hall–Kier alpha value is -6.14. The van der Waals surface area contributed by atoms with E-state index in [1.54, 1.807) is 0 Å². The summed E-state index contributed by atoms with van der Waals surface area (Å²) in [6.07, 6.45) is 0. The van der Waals surface area contributed by atoms with Crippen molar-refractivity contribution in [2.45, 2.75) is 0 Å². The van der Waals surface area contributed by atoms with Crippen LogP contribution in [0.4, 0.5) is 0 Å². The molecule has 0 fully saturated rings. The molecule has 7 aromatic carbocycles. The summed E-state index contributed by atoms with van der Waals surface area (Å²) >= 11 is 0. The van der Waals surface area contributed by atoms with Gasteiger partial charge in [0.1, 0.15) is 11.2 Å². The Morgan fingerprint density at radius 1 is 0.341 bits per heavy atom. The summed E-state index contributed by atoms with van der Waals surface area (Å²) in [5.41, 5.74) is 4.42. The lowest BCUT2D eigenvalue weighted by atomic mass is 9.83. The number of furan rings is 1. The number of para-hydroxylation sites is 1. The normalized spacial score (nSPS) is 11.6. The number of phenols is 5. The van der Waals surface area contributed by atoms with Crippen LogP contribution >= 0.6 is 0 Å². The molecule has 0 aliphatic heterocycles. The van der Waals surface area contributed by atoms with Gasteiger partial charge in [0.15, 0.2) is 11.5 Å². The van der Waals surface area contributed by atoms with E-state index in [1.165, 1.54) is 0 Å². The van der Waals surface area contributed by atoms with Gasteiger partial charge < -0.3 is 29.9 Å². The van der Waals surface area contributed by atoms with E-state index in [1.807, 2.05) is 91.0 Å². The Bertz CT molecular complexity index is 2350. The van der Waals surface area contributed by atoms with Crippen LogP contribution in [0.1, 0.15) is 0 Å². The fourth-order valence-electron chi connectivity index (χ4n) is 6.50. The second-order valence-corrected chi connectivity index (χ2v) is 10.8. The van der Waals surface area contributed by atoms with E-state index >= 15 is 0 Å². The summed E-state index contributed by atoms with van der Waals surface area (Å²) in [5, 5.41) is 59.3. The predicted molar refractivity (Wildman–Crippen MR) is 173 cm³/mol. The predicted octanol–water partition coefficient (Wildman–Crippen LogP) is 9.42. The van der Waals surface area contributed by atoms with Gasteiger partial charge in [-0.3, -0.25) is 0 Å². The third-order valence-corrected chi connectivity index (χ3v) is 8.43. The maximum Gasteiger partial charge on any atom is 0.208 e. The van der Waals surface area contributed by atoms with Crippen molar-refractivity contribution < 1.29 is 29.9 Å². The number of hydrogen-bond acceptors (Lipinski definition) is 6. The fraction of sp³-hybridized carbons (Fsp3) is 0. The molecule has 0 amide bonds.